The molecule has 0 saturated carbocycles. The van der Waals surface area contributed by atoms with E-state index in [0.717, 1.165) is 31.6 Å². The highest BCUT2D eigenvalue weighted by Gasteiger charge is 2.19. The lowest BCUT2D eigenvalue weighted by Crippen LogP contribution is -2.33. The number of aromatic nitrogens is 2. The summed E-state index contributed by atoms with van der Waals surface area (Å²) in [4.78, 5) is 26.4. The van der Waals surface area contributed by atoms with Gasteiger partial charge in [0.05, 0.1) is 12.8 Å². The number of amides is 2. The van der Waals surface area contributed by atoms with E-state index in [0.29, 0.717) is 24.5 Å². The molecule has 1 aromatic heterocycles. The molecule has 0 radical (unpaired) electrons. The number of rotatable bonds is 6. The van der Waals surface area contributed by atoms with Gasteiger partial charge in [0.25, 0.3) is 5.91 Å². The second kappa shape index (κ2) is 7.83. The Kier molecular flexibility index (Phi) is 5.33. The Hall–Kier alpha value is -2.83. The van der Waals surface area contributed by atoms with Gasteiger partial charge in [-0.05, 0) is 25.0 Å². The van der Waals surface area contributed by atoms with Crippen LogP contribution in [-0.2, 0) is 4.79 Å². The van der Waals surface area contributed by atoms with E-state index in [1.807, 2.05) is 35.2 Å². The van der Waals surface area contributed by atoms with Crippen LogP contribution in [0.15, 0.2) is 36.4 Å². The molecule has 1 N–H and O–H groups in total. The monoisotopic (exact) mass is 342 g/mol. The molecular formula is C18H22N4O3. The number of hydrogen-bond donors (Lipinski definition) is 1. The van der Waals surface area contributed by atoms with E-state index in [1.165, 1.54) is 11.8 Å². The van der Waals surface area contributed by atoms with Gasteiger partial charge in [-0.3, -0.25) is 9.59 Å². The fraction of sp³-hybridized carbons (Fsp3) is 0.389. The number of methoxy groups -OCH3 is 1. The summed E-state index contributed by atoms with van der Waals surface area (Å²) < 4.78 is 6.68. The highest BCUT2D eigenvalue weighted by molar-refractivity contribution is 5.93. The number of nitrogens with one attached hydrogen (secondary N) is 1. The number of carbonyl (C=O) groups is 2. The predicted octanol–water partition coefficient (Wildman–Crippen LogP) is 1.62. The third-order valence-electron chi connectivity index (χ3n) is 4.21. The molecule has 7 heteroatoms. The molecule has 132 valence electrons. The minimum Gasteiger partial charge on any atom is -0.480 e. The fourth-order valence-corrected chi connectivity index (χ4v) is 2.89. The topological polar surface area (TPSA) is 76.5 Å². The molecule has 0 aliphatic carbocycles. The summed E-state index contributed by atoms with van der Waals surface area (Å²) in [6.07, 6.45) is 2.44. The second-order valence-electron chi connectivity index (χ2n) is 5.91. The molecular weight excluding hydrogens is 320 g/mol. The van der Waals surface area contributed by atoms with Crippen LogP contribution >= 0.6 is 0 Å². The Morgan fingerprint density at radius 3 is 2.60 bits per heavy atom. The third kappa shape index (κ3) is 3.99. The van der Waals surface area contributed by atoms with Crippen molar-refractivity contribution in [3.63, 3.8) is 0 Å². The minimum atomic E-state index is -0.283. The first kappa shape index (κ1) is 17.0. The number of benzene rings is 1. The second-order valence-corrected chi connectivity index (χ2v) is 5.91. The summed E-state index contributed by atoms with van der Waals surface area (Å²) in [6.45, 7) is 1.95. The molecule has 3 rings (SSSR count). The van der Waals surface area contributed by atoms with Gasteiger partial charge in [0.1, 0.15) is 5.69 Å². The molecule has 1 aliphatic rings. The molecule has 0 bridgehead atoms. The van der Waals surface area contributed by atoms with Crippen molar-refractivity contribution in [2.45, 2.75) is 19.3 Å². The van der Waals surface area contributed by atoms with E-state index in [9.17, 15) is 9.59 Å². The van der Waals surface area contributed by atoms with Crippen LogP contribution in [0.3, 0.4) is 0 Å². The zero-order valence-electron chi connectivity index (χ0n) is 14.3. The Morgan fingerprint density at radius 2 is 1.92 bits per heavy atom. The zero-order chi connectivity index (χ0) is 17.6. The molecule has 2 aromatic rings. The van der Waals surface area contributed by atoms with Crippen LogP contribution in [0.1, 0.15) is 29.8 Å². The van der Waals surface area contributed by atoms with E-state index in [1.54, 1.807) is 6.07 Å². The normalized spacial score (nSPS) is 13.7. The van der Waals surface area contributed by atoms with Gasteiger partial charge in [0.2, 0.25) is 11.8 Å². The summed E-state index contributed by atoms with van der Waals surface area (Å²) in [5, 5.41) is 7.08. The summed E-state index contributed by atoms with van der Waals surface area (Å²) in [7, 11) is 1.51. The molecule has 1 fully saturated rings. The number of para-hydroxylation sites is 1. The Balaban J connectivity index is 1.65. The quantitative estimate of drug-likeness (QED) is 0.865. The maximum Gasteiger partial charge on any atom is 0.270 e. The molecule has 0 unspecified atom stereocenters. The first-order chi connectivity index (χ1) is 12.2. The van der Waals surface area contributed by atoms with Gasteiger partial charge in [-0.15, -0.1) is 5.10 Å². The summed E-state index contributed by atoms with van der Waals surface area (Å²) >= 11 is 0. The molecule has 25 heavy (non-hydrogen) atoms. The predicted molar refractivity (Wildman–Crippen MR) is 92.9 cm³/mol. The lowest BCUT2D eigenvalue weighted by atomic mass is 10.3. The van der Waals surface area contributed by atoms with Crippen molar-refractivity contribution in [2.24, 2.45) is 0 Å². The lowest BCUT2D eigenvalue weighted by molar-refractivity contribution is -0.129. The summed E-state index contributed by atoms with van der Waals surface area (Å²) in [5.74, 6) is 0.169. The molecule has 2 amide bonds. The highest BCUT2D eigenvalue weighted by Crippen LogP contribution is 2.17. The van der Waals surface area contributed by atoms with E-state index >= 15 is 0 Å². The van der Waals surface area contributed by atoms with Crippen molar-refractivity contribution in [3.8, 4) is 11.6 Å². The van der Waals surface area contributed by atoms with Gasteiger partial charge in [-0.25, -0.2) is 4.68 Å². The van der Waals surface area contributed by atoms with Crippen molar-refractivity contribution in [1.29, 1.82) is 0 Å². The SMILES string of the molecule is COc1cc(C(=O)NCCC(=O)N2CCCC2)n(-c2ccccc2)n1. The van der Waals surface area contributed by atoms with Crippen LogP contribution < -0.4 is 10.1 Å². The summed E-state index contributed by atoms with van der Waals surface area (Å²) in [6, 6.07) is 11.0. The molecule has 1 aromatic carbocycles. The number of hydrogen-bond acceptors (Lipinski definition) is 4. The number of likely N-dealkylation sites (tertiary alicyclic amines) is 1. The molecule has 7 nitrogen and oxygen atoms in total. The van der Waals surface area contributed by atoms with Crippen LogP contribution in [0.4, 0.5) is 0 Å². The zero-order valence-corrected chi connectivity index (χ0v) is 14.3. The first-order valence-electron chi connectivity index (χ1n) is 8.44. The fourth-order valence-electron chi connectivity index (χ4n) is 2.89. The molecule has 0 spiro atoms. The maximum atomic E-state index is 12.5. The minimum absolute atomic E-state index is 0.0898. The first-order valence-corrected chi connectivity index (χ1v) is 8.44. The van der Waals surface area contributed by atoms with Crippen LogP contribution in [0.5, 0.6) is 5.88 Å². The van der Waals surface area contributed by atoms with Gasteiger partial charge in [0, 0.05) is 32.1 Å². The largest absolute Gasteiger partial charge is 0.480 e. The number of nitrogens with zero attached hydrogens (tertiary/aromatic N) is 3. The van der Waals surface area contributed by atoms with Crippen LogP contribution in [0, 0.1) is 0 Å². The Morgan fingerprint density at radius 1 is 1.20 bits per heavy atom. The van der Waals surface area contributed by atoms with E-state index < -0.39 is 0 Å². The summed E-state index contributed by atoms with van der Waals surface area (Å²) in [5.41, 5.74) is 1.14. The Labute approximate surface area is 146 Å². The van der Waals surface area contributed by atoms with Crippen molar-refractivity contribution < 1.29 is 14.3 Å². The third-order valence-corrected chi connectivity index (χ3v) is 4.21. The van der Waals surface area contributed by atoms with Crippen molar-refractivity contribution >= 4 is 11.8 Å². The molecule has 1 saturated heterocycles. The van der Waals surface area contributed by atoms with Crippen LogP contribution in [0.2, 0.25) is 0 Å². The van der Waals surface area contributed by atoms with E-state index in [2.05, 4.69) is 10.4 Å². The van der Waals surface area contributed by atoms with Gasteiger partial charge < -0.3 is 15.0 Å². The highest BCUT2D eigenvalue weighted by atomic mass is 16.5. The average molecular weight is 342 g/mol. The molecule has 0 atom stereocenters. The van der Waals surface area contributed by atoms with Crippen molar-refractivity contribution in [2.75, 3.05) is 26.7 Å². The number of carbonyl (C=O) groups excluding carboxylic acids is 2. The van der Waals surface area contributed by atoms with Crippen molar-refractivity contribution in [3.05, 3.63) is 42.1 Å². The van der Waals surface area contributed by atoms with Gasteiger partial charge in [-0.2, -0.15) is 0 Å². The number of ether oxygens (including phenoxy) is 1. The Bertz CT molecular complexity index is 736. The van der Waals surface area contributed by atoms with Crippen molar-refractivity contribution in [1.82, 2.24) is 20.0 Å². The lowest BCUT2D eigenvalue weighted by Gasteiger charge is -2.15. The van der Waals surface area contributed by atoms with Crippen LogP contribution in [-0.4, -0.2) is 53.2 Å². The van der Waals surface area contributed by atoms with E-state index in [4.69, 9.17) is 4.74 Å². The van der Waals surface area contributed by atoms with Gasteiger partial charge in [-0.1, -0.05) is 18.2 Å². The van der Waals surface area contributed by atoms with Gasteiger partial charge >= 0.3 is 0 Å². The smallest absolute Gasteiger partial charge is 0.270 e. The average Bonchev–Trinajstić information content (AvgIpc) is 3.32. The molecule has 1 aliphatic heterocycles. The maximum absolute atomic E-state index is 12.5. The van der Waals surface area contributed by atoms with Crippen LogP contribution in [0.25, 0.3) is 5.69 Å². The molecule has 2 heterocycles. The van der Waals surface area contributed by atoms with E-state index in [-0.39, 0.29) is 11.8 Å². The van der Waals surface area contributed by atoms with Gasteiger partial charge in [0.15, 0.2) is 0 Å². The standard InChI is InChI=1S/C18H22N4O3/c1-25-16-13-15(22(20-16)14-7-3-2-4-8-14)18(24)19-10-9-17(23)21-11-5-6-12-21/h2-4,7-8,13H,5-6,9-12H2,1H3,(H,19,24).